The lowest BCUT2D eigenvalue weighted by atomic mass is 9.87. The molecule has 20 heavy (non-hydrogen) atoms. The van der Waals surface area contributed by atoms with Gasteiger partial charge in [-0.3, -0.25) is 4.79 Å². The zero-order valence-electron chi connectivity index (χ0n) is 11.5. The number of aliphatic carboxylic acids is 1. The van der Waals surface area contributed by atoms with E-state index < -0.39 is 5.97 Å². The molecular formula is C15H20N2O2S. The van der Waals surface area contributed by atoms with Gasteiger partial charge in [-0.15, -0.1) is 11.3 Å². The van der Waals surface area contributed by atoms with Gasteiger partial charge in [0, 0.05) is 22.8 Å². The van der Waals surface area contributed by atoms with E-state index in [0.29, 0.717) is 12.1 Å². The molecule has 0 spiro atoms. The molecule has 0 radical (unpaired) electrons. The summed E-state index contributed by atoms with van der Waals surface area (Å²) in [7, 11) is 0. The minimum absolute atomic E-state index is 0.0421. The van der Waals surface area contributed by atoms with Crippen molar-refractivity contribution in [1.82, 2.24) is 5.32 Å². The summed E-state index contributed by atoms with van der Waals surface area (Å²) in [5, 5.41) is 23.4. The van der Waals surface area contributed by atoms with Crippen molar-refractivity contribution in [2.45, 2.75) is 51.1 Å². The third-order valence-corrected chi connectivity index (χ3v) is 4.84. The average Bonchev–Trinajstić information content (AvgIpc) is 2.85. The summed E-state index contributed by atoms with van der Waals surface area (Å²) in [5.74, 6) is -0.973. The summed E-state index contributed by atoms with van der Waals surface area (Å²) in [6.07, 6.45) is 6.13. The van der Waals surface area contributed by atoms with Gasteiger partial charge in [0.05, 0.1) is 11.5 Å². The fourth-order valence-corrected chi connectivity index (χ4v) is 3.55. The van der Waals surface area contributed by atoms with Crippen molar-refractivity contribution in [3.63, 3.8) is 0 Å². The summed E-state index contributed by atoms with van der Waals surface area (Å²) >= 11 is 1.55. The van der Waals surface area contributed by atoms with Crippen molar-refractivity contribution >= 4 is 17.3 Å². The second kappa shape index (κ2) is 7.41. The molecule has 108 valence electrons. The Labute approximate surface area is 123 Å². The molecule has 2 rings (SSSR count). The highest BCUT2D eigenvalue weighted by molar-refractivity contribution is 7.10. The normalized spacial score (nSPS) is 23.6. The van der Waals surface area contributed by atoms with E-state index in [-0.39, 0.29) is 12.0 Å². The molecule has 0 aromatic carbocycles. The first-order chi connectivity index (χ1) is 9.70. The Bertz CT molecular complexity index is 492. The van der Waals surface area contributed by atoms with Crippen molar-refractivity contribution in [3.05, 3.63) is 21.9 Å². The van der Waals surface area contributed by atoms with Crippen LogP contribution in [0.3, 0.4) is 0 Å². The number of nitrogens with zero attached hydrogens (tertiary/aromatic N) is 1. The summed E-state index contributed by atoms with van der Waals surface area (Å²) < 4.78 is 0. The minimum atomic E-state index is -0.687. The molecule has 0 bridgehead atoms. The Balaban J connectivity index is 1.96. The van der Waals surface area contributed by atoms with Crippen LogP contribution >= 0.6 is 11.3 Å². The van der Waals surface area contributed by atoms with Crippen LogP contribution in [-0.2, 0) is 11.3 Å². The molecule has 1 fully saturated rings. The van der Waals surface area contributed by atoms with Crippen molar-refractivity contribution in [2.24, 2.45) is 5.92 Å². The van der Waals surface area contributed by atoms with Crippen molar-refractivity contribution in [1.29, 1.82) is 5.26 Å². The number of carboxylic acids is 1. The van der Waals surface area contributed by atoms with Crippen molar-refractivity contribution < 1.29 is 9.90 Å². The fourth-order valence-electron chi connectivity index (χ4n) is 2.79. The van der Waals surface area contributed by atoms with Gasteiger partial charge in [0.2, 0.25) is 0 Å². The molecule has 1 aromatic rings. The fraction of sp³-hybridized carbons (Fsp3) is 0.600. The van der Waals surface area contributed by atoms with Crippen LogP contribution in [0.15, 0.2) is 11.4 Å². The molecule has 5 heteroatoms. The second-order valence-electron chi connectivity index (χ2n) is 5.34. The molecule has 0 aliphatic heterocycles. The summed E-state index contributed by atoms with van der Waals surface area (Å²) in [4.78, 5) is 12.5. The van der Waals surface area contributed by atoms with Gasteiger partial charge >= 0.3 is 5.97 Å². The summed E-state index contributed by atoms with van der Waals surface area (Å²) in [6.45, 7) is 0.654. The number of hydrogen-bond donors (Lipinski definition) is 2. The first-order valence-corrected chi connectivity index (χ1v) is 8.02. The van der Waals surface area contributed by atoms with Gasteiger partial charge in [0.1, 0.15) is 6.07 Å². The molecule has 2 N–H and O–H groups in total. The molecule has 2 atom stereocenters. The quantitative estimate of drug-likeness (QED) is 0.894. The first kappa shape index (κ1) is 15.0. The van der Waals surface area contributed by atoms with Gasteiger partial charge in [-0.2, -0.15) is 5.26 Å². The summed E-state index contributed by atoms with van der Waals surface area (Å²) in [5.41, 5.74) is 0.680. The van der Waals surface area contributed by atoms with Crippen LogP contribution in [0.4, 0.5) is 0 Å². The Morgan fingerprint density at radius 2 is 2.15 bits per heavy atom. The van der Waals surface area contributed by atoms with E-state index in [2.05, 4.69) is 11.4 Å². The second-order valence-corrected chi connectivity index (χ2v) is 6.33. The Morgan fingerprint density at radius 1 is 1.40 bits per heavy atom. The van der Waals surface area contributed by atoms with E-state index in [1.807, 2.05) is 11.4 Å². The lowest BCUT2D eigenvalue weighted by Gasteiger charge is -2.27. The number of nitrogens with one attached hydrogen (secondary N) is 1. The van der Waals surface area contributed by atoms with E-state index in [1.54, 1.807) is 11.3 Å². The van der Waals surface area contributed by atoms with Gasteiger partial charge in [-0.1, -0.05) is 25.7 Å². The average molecular weight is 292 g/mol. The highest BCUT2D eigenvalue weighted by Gasteiger charge is 2.28. The molecule has 1 saturated carbocycles. The molecule has 0 saturated heterocycles. The lowest BCUT2D eigenvalue weighted by molar-refractivity contribution is -0.143. The number of rotatable bonds is 4. The van der Waals surface area contributed by atoms with E-state index in [9.17, 15) is 9.90 Å². The zero-order chi connectivity index (χ0) is 14.4. The zero-order valence-corrected chi connectivity index (χ0v) is 12.3. The van der Waals surface area contributed by atoms with Crippen molar-refractivity contribution in [2.75, 3.05) is 0 Å². The van der Waals surface area contributed by atoms with Crippen LogP contribution in [0.25, 0.3) is 0 Å². The van der Waals surface area contributed by atoms with Crippen LogP contribution in [0, 0.1) is 17.2 Å². The predicted octanol–water partition coefficient (Wildman–Crippen LogP) is 3.13. The smallest absolute Gasteiger partial charge is 0.308 e. The number of carboxylic acid groups (broad SMARTS) is 1. The van der Waals surface area contributed by atoms with Crippen molar-refractivity contribution in [3.8, 4) is 6.07 Å². The molecule has 1 aliphatic rings. The highest BCUT2D eigenvalue weighted by atomic mass is 32.1. The maximum atomic E-state index is 11.4. The van der Waals surface area contributed by atoms with E-state index >= 15 is 0 Å². The third-order valence-electron chi connectivity index (χ3n) is 3.90. The number of thiophene rings is 1. The van der Waals surface area contributed by atoms with Crippen LogP contribution < -0.4 is 5.32 Å². The molecule has 4 nitrogen and oxygen atoms in total. The van der Waals surface area contributed by atoms with Crippen LogP contribution in [0.2, 0.25) is 0 Å². The summed E-state index contributed by atoms with van der Waals surface area (Å²) in [6, 6.07) is 4.03. The monoisotopic (exact) mass is 292 g/mol. The molecular weight excluding hydrogens is 272 g/mol. The SMILES string of the molecule is N#Cc1csc(CN[C@H]2CCCCCC[C@H]2C(=O)O)c1. The minimum Gasteiger partial charge on any atom is -0.481 e. The molecule has 1 heterocycles. The number of carbonyl (C=O) groups is 1. The van der Waals surface area contributed by atoms with E-state index in [1.165, 1.54) is 6.42 Å². The highest BCUT2D eigenvalue weighted by Crippen LogP contribution is 2.24. The van der Waals surface area contributed by atoms with E-state index in [4.69, 9.17) is 5.26 Å². The molecule has 1 aromatic heterocycles. The molecule has 1 aliphatic carbocycles. The maximum Gasteiger partial charge on any atom is 0.308 e. The predicted molar refractivity (Wildman–Crippen MR) is 78.5 cm³/mol. The Kier molecular flexibility index (Phi) is 5.57. The number of hydrogen-bond acceptors (Lipinski definition) is 4. The lowest BCUT2D eigenvalue weighted by Crippen LogP contribution is -2.40. The van der Waals surface area contributed by atoms with Gasteiger partial charge in [0.15, 0.2) is 0 Å². The largest absolute Gasteiger partial charge is 0.481 e. The number of nitriles is 1. The third kappa shape index (κ3) is 4.06. The van der Waals surface area contributed by atoms with Gasteiger partial charge in [0.25, 0.3) is 0 Å². The Hall–Kier alpha value is -1.38. The Morgan fingerprint density at radius 3 is 2.80 bits per heavy atom. The standard InChI is InChI=1S/C15H20N2O2S/c16-8-11-7-12(20-10-11)9-17-14-6-4-2-1-3-5-13(14)15(18)19/h7,10,13-14,17H,1-6,9H2,(H,18,19)/t13-,14+/m1/s1. The van der Waals surface area contributed by atoms with E-state index in [0.717, 1.165) is 37.0 Å². The van der Waals surface area contributed by atoms with Gasteiger partial charge in [-0.05, 0) is 18.9 Å². The van der Waals surface area contributed by atoms with Crippen LogP contribution in [0.5, 0.6) is 0 Å². The molecule has 0 amide bonds. The maximum absolute atomic E-state index is 11.4. The molecule has 0 unspecified atom stereocenters. The van der Waals surface area contributed by atoms with Crippen LogP contribution in [0.1, 0.15) is 49.0 Å². The van der Waals surface area contributed by atoms with Gasteiger partial charge < -0.3 is 10.4 Å². The topological polar surface area (TPSA) is 73.1 Å². The van der Waals surface area contributed by atoms with Crippen LogP contribution in [-0.4, -0.2) is 17.1 Å². The first-order valence-electron chi connectivity index (χ1n) is 7.14. The van der Waals surface area contributed by atoms with Gasteiger partial charge in [-0.25, -0.2) is 0 Å².